The normalized spacial score (nSPS) is 17.9. The highest BCUT2D eigenvalue weighted by Gasteiger charge is 2.55. The number of aryl methyl sites for hydroxylation is 1. The number of rotatable bonds is 7. The number of benzene rings is 1. The quantitative estimate of drug-likeness (QED) is 0.619. The Labute approximate surface area is 188 Å². The van der Waals surface area contributed by atoms with Crippen molar-refractivity contribution in [2.45, 2.75) is 50.5 Å². The number of urea groups is 1. The summed E-state index contributed by atoms with van der Waals surface area (Å²) in [5.41, 5.74) is 1.03. The maximum Gasteiger partial charge on any atom is 0.327 e. The van der Waals surface area contributed by atoms with Gasteiger partial charge in [0.2, 0.25) is 5.91 Å². The van der Waals surface area contributed by atoms with E-state index in [2.05, 4.69) is 5.16 Å². The number of nitrogens with zero attached hydrogens (tertiary/aromatic N) is 4. The van der Waals surface area contributed by atoms with Crippen molar-refractivity contribution in [2.75, 3.05) is 27.2 Å². The summed E-state index contributed by atoms with van der Waals surface area (Å²) in [5, 5.41) is 4.11. The predicted octanol–water partition coefficient (Wildman–Crippen LogP) is 3.33. The third kappa shape index (κ3) is 4.13. The first-order valence-electron chi connectivity index (χ1n) is 11.3. The van der Waals surface area contributed by atoms with Gasteiger partial charge in [0.1, 0.15) is 23.5 Å². The van der Waals surface area contributed by atoms with Crippen molar-refractivity contribution in [1.82, 2.24) is 19.9 Å². The number of hydrogen-bond donors (Lipinski definition) is 0. The Morgan fingerprint density at radius 3 is 2.59 bits per heavy atom. The second kappa shape index (κ2) is 9.14. The zero-order chi connectivity index (χ0) is 22.7. The third-order valence-electron chi connectivity index (χ3n) is 6.75. The SMILES string of the molecule is CN(CCCc1cc(-c2ccccc2)no1)C(=O)CN1C(=O)N(C)C2(CCCCC2)C1=O. The highest BCUT2D eigenvalue weighted by atomic mass is 16.5. The smallest absolute Gasteiger partial charge is 0.327 e. The van der Waals surface area contributed by atoms with E-state index in [-0.39, 0.29) is 24.4 Å². The van der Waals surface area contributed by atoms with E-state index < -0.39 is 5.54 Å². The minimum Gasteiger partial charge on any atom is -0.361 e. The molecule has 0 unspecified atom stereocenters. The zero-order valence-electron chi connectivity index (χ0n) is 18.7. The van der Waals surface area contributed by atoms with Gasteiger partial charge >= 0.3 is 6.03 Å². The van der Waals surface area contributed by atoms with Crippen molar-refractivity contribution in [2.24, 2.45) is 0 Å². The summed E-state index contributed by atoms with van der Waals surface area (Å²) in [4.78, 5) is 42.7. The first kappa shape index (κ1) is 22.0. The fraction of sp³-hybridized carbons (Fsp3) is 0.500. The maximum atomic E-state index is 13.1. The number of imide groups is 1. The van der Waals surface area contributed by atoms with Gasteiger partial charge in [-0.2, -0.15) is 0 Å². The van der Waals surface area contributed by atoms with Crippen molar-refractivity contribution in [3.8, 4) is 11.3 Å². The molecule has 0 bridgehead atoms. The topological polar surface area (TPSA) is 87.0 Å². The van der Waals surface area contributed by atoms with E-state index in [1.54, 1.807) is 23.9 Å². The fourth-order valence-corrected chi connectivity index (χ4v) is 4.72. The molecule has 1 aliphatic carbocycles. The van der Waals surface area contributed by atoms with Crippen LogP contribution in [0.4, 0.5) is 4.79 Å². The van der Waals surface area contributed by atoms with Crippen LogP contribution in [0, 0.1) is 0 Å². The lowest BCUT2D eigenvalue weighted by Gasteiger charge is -2.35. The Hall–Kier alpha value is -3.16. The molecule has 2 fully saturated rings. The molecule has 1 saturated heterocycles. The van der Waals surface area contributed by atoms with Crippen LogP contribution < -0.4 is 0 Å². The van der Waals surface area contributed by atoms with Crippen LogP contribution in [-0.2, 0) is 16.0 Å². The van der Waals surface area contributed by atoms with Gasteiger partial charge in [-0.3, -0.25) is 14.5 Å². The van der Waals surface area contributed by atoms with Crippen LogP contribution in [0.2, 0.25) is 0 Å². The van der Waals surface area contributed by atoms with Crippen LogP contribution >= 0.6 is 0 Å². The number of carbonyl (C=O) groups is 3. The van der Waals surface area contributed by atoms with Gasteiger partial charge in [0.05, 0.1) is 0 Å². The summed E-state index contributed by atoms with van der Waals surface area (Å²) in [5.74, 6) is 0.299. The zero-order valence-corrected chi connectivity index (χ0v) is 18.7. The standard InChI is InChI=1S/C24H30N4O4/c1-26(15-9-12-19-16-20(25-32-19)18-10-5-3-6-11-18)21(29)17-28-22(30)24(27(2)23(28)31)13-7-4-8-14-24/h3,5-6,10-11,16H,4,7-9,12-15,17H2,1-2H3. The molecule has 0 N–H and O–H groups in total. The monoisotopic (exact) mass is 438 g/mol. The molecular weight excluding hydrogens is 408 g/mol. The molecule has 1 spiro atoms. The first-order valence-corrected chi connectivity index (χ1v) is 11.3. The van der Waals surface area contributed by atoms with Gasteiger partial charge < -0.3 is 14.3 Å². The van der Waals surface area contributed by atoms with E-state index in [9.17, 15) is 14.4 Å². The fourth-order valence-electron chi connectivity index (χ4n) is 4.72. The van der Waals surface area contributed by atoms with Crippen LogP contribution in [0.5, 0.6) is 0 Å². The van der Waals surface area contributed by atoms with Crippen LogP contribution in [0.25, 0.3) is 11.3 Å². The molecule has 32 heavy (non-hydrogen) atoms. The Balaban J connectivity index is 1.29. The molecule has 4 amide bonds. The lowest BCUT2D eigenvalue weighted by atomic mass is 9.81. The molecule has 0 atom stereocenters. The maximum absolute atomic E-state index is 13.1. The molecule has 4 rings (SSSR count). The minimum atomic E-state index is -0.753. The largest absolute Gasteiger partial charge is 0.361 e. The lowest BCUT2D eigenvalue weighted by molar-refractivity contribution is -0.140. The second-order valence-electron chi connectivity index (χ2n) is 8.79. The number of carbonyl (C=O) groups excluding carboxylic acids is 3. The average molecular weight is 439 g/mol. The summed E-state index contributed by atoms with van der Waals surface area (Å²) in [6.07, 6.45) is 5.63. The van der Waals surface area contributed by atoms with E-state index in [1.807, 2.05) is 36.4 Å². The van der Waals surface area contributed by atoms with E-state index in [0.29, 0.717) is 32.2 Å². The van der Waals surface area contributed by atoms with E-state index in [1.165, 1.54) is 0 Å². The Morgan fingerprint density at radius 2 is 1.88 bits per heavy atom. The number of aromatic nitrogens is 1. The molecule has 8 heteroatoms. The molecule has 1 saturated carbocycles. The average Bonchev–Trinajstić information content (AvgIpc) is 3.35. The molecule has 170 valence electrons. The molecule has 2 aromatic rings. The molecule has 1 aromatic carbocycles. The second-order valence-corrected chi connectivity index (χ2v) is 8.79. The van der Waals surface area contributed by atoms with E-state index in [0.717, 1.165) is 41.2 Å². The van der Waals surface area contributed by atoms with Crippen LogP contribution in [0.15, 0.2) is 40.9 Å². The van der Waals surface area contributed by atoms with E-state index in [4.69, 9.17) is 4.52 Å². The molecule has 1 aliphatic heterocycles. The van der Waals surface area contributed by atoms with Crippen LogP contribution in [0.3, 0.4) is 0 Å². The molecule has 0 radical (unpaired) electrons. The summed E-state index contributed by atoms with van der Waals surface area (Å²) >= 11 is 0. The van der Waals surface area contributed by atoms with Crippen molar-refractivity contribution in [3.63, 3.8) is 0 Å². The van der Waals surface area contributed by atoms with Gasteiger partial charge in [0, 0.05) is 38.7 Å². The Kier molecular flexibility index (Phi) is 6.30. The number of amides is 4. The summed E-state index contributed by atoms with van der Waals surface area (Å²) in [6.45, 7) is 0.290. The van der Waals surface area contributed by atoms with Gasteiger partial charge in [-0.15, -0.1) is 0 Å². The molecule has 2 heterocycles. The van der Waals surface area contributed by atoms with Gasteiger partial charge in [-0.25, -0.2) is 4.79 Å². The van der Waals surface area contributed by atoms with Gasteiger partial charge in [0.15, 0.2) is 0 Å². The summed E-state index contributed by atoms with van der Waals surface area (Å²) < 4.78 is 5.42. The van der Waals surface area contributed by atoms with Crippen LogP contribution in [0.1, 0.15) is 44.3 Å². The van der Waals surface area contributed by atoms with Gasteiger partial charge in [-0.05, 0) is 19.3 Å². The third-order valence-corrected chi connectivity index (χ3v) is 6.75. The van der Waals surface area contributed by atoms with Crippen molar-refractivity contribution in [1.29, 1.82) is 0 Å². The Morgan fingerprint density at radius 1 is 1.16 bits per heavy atom. The molecule has 8 nitrogen and oxygen atoms in total. The highest BCUT2D eigenvalue weighted by molar-refractivity contribution is 6.08. The minimum absolute atomic E-state index is 0.208. The predicted molar refractivity (Wildman–Crippen MR) is 119 cm³/mol. The lowest BCUT2D eigenvalue weighted by Crippen LogP contribution is -2.49. The summed E-state index contributed by atoms with van der Waals surface area (Å²) in [7, 11) is 3.38. The first-order chi connectivity index (χ1) is 15.4. The van der Waals surface area contributed by atoms with E-state index >= 15 is 0 Å². The van der Waals surface area contributed by atoms with Gasteiger partial charge in [0.25, 0.3) is 5.91 Å². The summed E-state index contributed by atoms with van der Waals surface area (Å²) in [6, 6.07) is 11.4. The van der Waals surface area contributed by atoms with Gasteiger partial charge in [-0.1, -0.05) is 54.8 Å². The number of likely N-dealkylation sites (N-methyl/N-ethyl adjacent to an activating group) is 2. The van der Waals surface area contributed by atoms with Crippen molar-refractivity contribution < 1.29 is 18.9 Å². The molecule has 2 aliphatic rings. The molecular formula is C24H30N4O4. The molecule has 1 aromatic heterocycles. The highest BCUT2D eigenvalue weighted by Crippen LogP contribution is 2.39. The van der Waals surface area contributed by atoms with Crippen molar-refractivity contribution in [3.05, 3.63) is 42.2 Å². The van der Waals surface area contributed by atoms with Crippen molar-refractivity contribution >= 4 is 17.8 Å². The van der Waals surface area contributed by atoms with Crippen LogP contribution in [-0.4, -0.2) is 70.4 Å². The Bertz CT molecular complexity index is 981. The number of hydrogen-bond acceptors (Lipinski definition) is 5.